The lowest BCUT2D eigenvalue weighted by Gasteiger charge is -2.21. The standard InChI is InChI=1S/C23H24F6N4O2/c1-31-7-3-16(4-8-31)20-12-19-13-32(5-2-6-33(19)30-20)21(34)35-14-15-9-17(22(24,25)26)11-18(10-15)23(27,28)29/h3,9-12H,2,4-8,13-14H2,1H3. The van der Waals surface area contributed by atoms with Crippen LogP contribution in [0.15, 0.2) is 30.3 Å². The molecule has 0 spiro atoms. The molecule has 0 radical (unpaired) electrons. The average Bonchev–Trinajstić information content (AvgIpc) is 3.07. The van der Waals surface area contributed by atoms with Crippen molar-refractivity contribution in [1.29, 1.82) is 0 Å². The monoisotopic (exact) mass is 502 g/mol. The molecule has 2 aliphatic heterocycles. The number of carbonyl (C=O) groups is 1. The first-order chi connectivity index (χ1) is 16.4. The van der Waals surface area contributed by atoms with Gasteiger partial charge >= 0.3 is 18.4 Å². The summed E-state index contributed by atoms with van der Waals surface area (Å²) in [4.78, 5) is 16.2. The minimum atomic E-state index is -4.97. The summed E-state index contributed by atoms with van der Waals surface area (Å²) >= 11 is 0. The van der Waals surface area contributed by atoms with Crippen LogP contribution in [-0.2, 0) is 36.8 Å². The average molecular weight is 502 g/mol. The van der Waals surface area contributed by atoms with Gasteiger partial charge in [0.05, 0.1) is 29.1 Å². The number of nitrogens with zero attached hydrogens (tertiary/aromatic N) is 4. The molecule has 1 aromatic heterocycles. The Morgan fingerprint density at radius 2 is 1.69 bits per heavy atom. The van der Waals surface area contributed by atoms with Gasteiger partial charge < -0.3 is 14.5 Å². The molecule has 4 rings (SSSR count). The number of hydrogen-bond donors (Lipinski definition) is 0. The second-order valence-corrected chi connectivity index (χ2v) is 8.73. The van der Waals surface area contributed by atoms with Crippen molar-refractivity contribution in [3.63, 3.8) is 0 Å². The summed E-state index contributed by atoms with van der Waals surface area (Å²) in [6.45, 7) is 2.10. The van der Waals surface area contributed by atoms with Crippen LogP contribution in [0.5, 0.6) is 0 Å². The van der Waals surface area contributed by atoms with Crippen LogP contribution in [0.2, 0.25) is 0 Å². The Bertz CT molecular complexity index is 1090. The van der Waals surface area contributed by atoms with Gasteiger partial charge in [0.2, 0.25) is 0 Å². The Morgan fingerprint density at radius 1 is 1.00 bits per heavy atom. The third-order valence-corrected chi connectivity index (χ3v) is 6.02. The van der Waals surface area contributed by atoms with Crippen molar-refractivity contribution in [2.24, 2.45) is 0 Å². The van der Waals surface area contributed by atoms with Crippen molar-refractivity contribution in [1.82, 2.24) is 19.6 Å². The van der Waals surface area contributed by atoms with E-state index in [-0.39, 0.29) is 12.6 Å². The van der Waals surface area contributed by atoms with E-state index in [1.165, 1.54) is 4.90 Å². The number of carbonyl (C=O) groups excluding carboxylic acids is 1. The van der Waals surface area contributed by atoms with Gasteiger partial charge in [0.15, 0.2) is 0 Å². The second-order valence-electron chi connectivity index (χ2n) is 8.73. The van der Waals surface area contributed by atoms with E-state index in [2.05, 4.69) is 16.1 Å². The van der Waals surface area contributed by atoms with Gasteiger partial charge in [-0.25, -0.2) is 4.79 Å². The molecule has 0 atom stereocenters. The summed E-state index contributed by atoms with van der Waals surface area (Å²) < 4.78 is 85.4. The van der Waals surface area contributed by atoms with Gasteiger partial charge in [-0.05, 0) is 55.3 Å². The molecule has 0 aliphatic carbocycles. The first-order valence-electron chi connectivity index (χ1n) is 11.0. The molecular formula is C23H24F6N4O2. The number of aromatic nitrogens is 2. The number of fused-ring (bicyclic) bond motifs is 1. The van der Waals surface area contributed by atoms with Crippen LogP contribution in [-0.4, -0.2) is 52.4 Å². The molecule has 0 fully saturated rings. The van der Waals surface area contributed by atoms with Crippen LogP contribution in [0.25, 0.3) is 5.57 Å². The molecule has 6 nitrogen and oxygen atoms in total. The zero-order valence-electron chi connectivity index (χ0n) is 18.9. The number of rotatable bonds is 3. The van der Waals surface area contributed by atoms with Gasteiger partial charge in [0.25, 0.3) is 0 Å². The lowest BCUT2D eigenvalue weighted by Crippen LogP contribution is -2.31. The highest BCUT2D eigenvalue weighted by atomic mass is 19.4. The van der Waals surface area contributed by atoms with Crippen molar-refractivity contribution >= 4 is 11.7 Å². The Hall–Kier alpha value is -3.02. The van der Waals surface area contributed by atoms with Gasteiger partial charge in [0, 0.05) is 26.2 Å². The molecule has 0 bridgehead atoms. The lowest BCUT2D eigenvalue weighted by atomic mass is 10.1. The number of amides is 1. The van der Waals surface area contributed by atoms with E-state index in [1.54, 1.807) is 0 Å². The SMILES string of the molecule is CN1CC=C(c2cc3n(n2)CCCN(C(=O)OCc2cc(C(F)(F)F)cc(C(F)(F)F)c2)C3)CC1. The minimum absolute atomic E-state index is 0.0403. The van der Waals surface area contributed by atoms with E-state index in [0.29, 0.717) is 31.6 Å². The normalized spacial score (nSPS) is 17.6. The zero-order valence-corrected chi connectivity index (χ0v) is 18.9. The molecule has 1 aromatic carbocycles. The summed E-state index contributed by atoms with van der Waals surface area (Å²) in [7, 11) is 2.03. The van der Waals surface area contributed by atoms with E-state index in [0.717, 1.165) is 36.5 Å². The Labute approximate surface area is 197 Å². The number of likely N-dealkylation sites (N-methyl/N-ethyl adjacent to an activating group) is 1. The molecule has 2 aromatic rings. The largest absolute Gasteiger partial charge is 0.445 e. The molecule has 0 saturated heterocycles. The maximum atomic E-state index is 13.1. The van der Waals surface area contributed by atoms with Crippen LogP contribution in [0.3, 0.4) is 0 Å². The van der Waals surface area contributed by atoms with Crippen LogP contribution in [0, 0.1) is 0 Å². The topological polar surface area (TPSA) is 50.6 Å². The van der Waals surface area contributed by atoms with Crippen LogP contribution in [0.1, 0.15) is 40.9 Å². The maximum Gasteiger partial charge on any atom is 0.416 e. The summed E-state index contributed by atoms with van der Waals surface area (Å²) in [6.07, 6.45) is -7.20. The molecule has 0 N–H and O–H groups in total. The fraction of sp³-hybridized carbons (Fsp3) is 0.478. The Balaban J connectivity index is 1.46. The highest BCUT2D eigenvalue weighted by Gasteiger charge is 2.37. The number of benzene rings is 1. The predicted molar refractivity (Wildman–Crippen MR) is 114 cm³/mol. The fourth-order valence-electron chi connectivity index (χ4n) is 4.12. The van der Waals surface area contributed by atoms with Gasteiger partial charge in [-0.3, -0.25) is 4.68 Å². The van der Waals surface area contributed by atoms with Crippen molar-refractivity contribution < 1.29 is 35.9 Å². The van der Waals surface area contributed by atoms with E-state index < -0.39 is 41.7 Å². The highest BCUT2D eigenvalue weighted by molar-refractivity contribution is 5.68. The predicted octanol–water partition coefficient (Wildman–Crippen LogP) is 5.18. The summed E-state index contributed by atoms with van der Waals surface area (Å²) in [6, 6.07) is 3.06. The third-order valence-electron chi connectivity index (χ3n) is 6.02. The Morgan fingerprint density at radius 3 is 2.29 bits per heavy atom. The Kier molecular flexibility index (Phi) is 6.85. The number of alkyl halides is 6. The molecule has 12 heteroatoms. The van der Waals surface area contributed by atoms with Crippen LogP contribution >= 0.6 is 0 Å². The number of ether oxygens (including phenoxy) is 1. The van der Waals surface area contributed by atoms with Crippen molar-refractivity contribution in [3.05, 3.63) is 58.4 Å². The molecular weight excluding hydrogens is 478 g/mol. The molecule has 0 saturated carbocycles. The van der Waals surface area contributed by atoms with Crippen LogP contribution < -0.4 is 0 Å². The minimum Gasteiger partial charge on any atom is -0.445 e. The second kappa shape index (κ2) is 9.56. The lowest BCUT2D eigenvalue weighted by molar-refractivity contribution is -0.143. The van der Waals surface area contributed by atoms with Gasteiger partial charge in [-0.2, -0.15) is 31.4 Å². The summed E-state index contributed by atoms with van der Waals surface area (Å²) in [5.74, 6) is 0. The van der Waals surface area contributed by atoms with E-state index in [9.17, 15) is 31.1 Å². The first-order valence-corrected chi connectivity index (χ1v) is 11.0. The number of hydrogen-bond acceptors (Lipinski definition) is 4. The maximum absolute atomic E-state index is 13.1. The molecule has 190 valence electrons. The first kappa shape index (κ1) is 25.1. The summed E-state index contributed by atoms with van der Waals surface area (Å²) in [5.41, 5.74) is -0.542. The molecule has 3 heterocycles. The smallest absolute Gasteiger partial charge is 0.416 e. The quantitative estimate of drug-likeness (QED) is 0.543. The fourth-order valence-corrected chi connectivity index (χ4v) is 4.12. The third kappa shape index (κ3) is 5.98. The van der Waals surface area contributed by atoms with Gasteiger partial charge in [-0.15, -0.1) is 0 Å². The van der Waals surface area contributed by atoms with Gasteiger partial charge in [-0.1, -0.05) is 6.08 Å². The van der Waals surface area contributed by atoms with Crippen molar-refractivity contribution in [2.75, 3.05) is 26.7 Å². The molecule has 35 heavy (non-hydrogen) atoms. The molecule has 0 unspecified atom stereocenters. The molecule has 2 aliphatic rings. The van der Waals surface area contributed by atoms with Gasteiger partial charge in [0.1, 0.15) is 6.61 Å². The highest BCUT2D eigenvalue weighted by Crippen LogP contribution is 2.36. The van der Waals surface area contributed by atoms with Crippen molar-refractivity contribution in [3.8, 4) is 0 Å². The van der Waals surface area contributed by atoms with Crippen molar-refractivity contribution in [2.45, 2.75) is 44.9 Å². The van der Waals surface area contributed by atoms with E-state index in [4.69, 9.17) is 4.74 Å². The summed E-state index contributed by atoms with van der Waals surface area (Å²) in [5, 5.41) is 4.65. The zero-order chi connectivity index (χ0) is 25.4. The molecule has 1 amide bonds. The van der Waals surface area contributed by atoms with E-state index >= 15 is 0 Å². The number of halogens is 6. The van der Waals surface area contributed by atoms with E-state index in [1.807, 2.05) is 17.8 Å². The number of aryl methyl sites for hydroxylation is 1. The van der Waals surface area contributed by atoms with Crippen LogP contribution in [0.4, 0.5) is 31.1 Å².